The average molecular weight is 306 g/mol. The summed E-state index contributed by atoms with van der Waals surface area (Å²) < 4.78 is 28.9. The third kappa shape index (κ3) is 4.12. The van der Waals surface area contributed by atoms with E-state index in [2.05, 4.69) is 5.32 Å². The molecule has 0 aliphatic carbocycles. The van der Waals surface area contributed by atoms with Gasteiger partial charge in [0.05, 0.1) is 6.61 Å². The highest BCUT2D eigenvalue weighted by Gasteiger charge is 2.47. The van der Waals surface area contributed by atoms with E-state index in [1.54, 1.807) is 6.92 Å². The van der Waals surface area contributed by atoms with E-state index in [9.17, 15) is 18.4 Å². The van der Waals surface area contributed by atoms with E-state index in [1.165, 1.54) is 4.90 Å². The molecule has 7 heteroatoms. The highest BCUT2D eigenvalue weighted by Crippen LogP contribution is 2.24. The molecule has 0 aromatic heterocycles. The monoisotopic (exact) mass is 306 g/mol. The van der Waals surface area contributed by atoms with Gasteiger partial charge in [-0.2, -0.15) is 0 Å². The smallest absolute Gasteiger partial charge is 0.261 e. The van der Waals surface area contributed by atoms with Gasteiger partial charge in [0.1, 0.15) is 18.2 Å². The number of carbonyl (C=O) groups is 2. The Balaban J connectivity index is 2.81. The zero-order chi connectivity index (χ0) is 16.2. The van der Waals surface area contributed by atoms with Crippen molar-refractivity contribution in [3.05, 3.63) is 0 Å². The molecule has 2 unspecified atom stereocenters. The lowest BCUT2D eigenvalue weighted by Gasteiger charge is -2.45. The van der Waals surface area contributed by atoms with Gasteiger partial charge in [0.25, 0.3) is 6.43 Å². The second-order valence-corrected chi connectivity index (χ2v) is 5.83. The van der Waals surface area contributed by atoms with Gasteiger partial charge in [0.2, 0.25) is 11.8 Å². The summed E-state index contributed by atoms with van der Waals surface area (Å²) >= 11 is 0. The van der Waals surface area contributed by atoms with Crippen molar-refractivity contribution in [2.24, 2.45) is 5.92 Å². The molecule has 0 spiro atoms. The van der Waals surface area contributed by atoms with Crippen molar-refractivity contribution in [1.82, 2.24) is 10.2 Å². The molecule has 21 heavy (non-hydrogen) atoms. The van der Waals surface area contributed by atoms with E-state index in [4.69, 9.17) is 4.74 Å². The first-order chi connectivity index (χ1) is 9.73. The fourth-order valence-corrected chi connectivity index (χ4v) is 2.46. The maximum Gasteiger partial charge on any atom is 0.261 e. The number of nitrogens with one attached hydrogen (secondary N) is 1. The number of carbonyl (C=O) groups excluding carboxylic acids is 2. The molecule has 5 nitrogen and oxygen atoms in total. The number of piperazine rings is 1. The quantitative estimate of drug-likeness (QED) is 0.724. The largest absolute Gasteiger partial charge is 0.374 e. The number of halogens is 2. The predicted molar refractivity (Wildman–Crippen MR) is 74.0 cm³/mol. The fraction of sp³-hybridized carbons (Fsp3) is 0.857. The minimum atomic E-state index is -2.54. The molecule has 1 saturated heterocycles. The number of rotatable bonds is 7. The van der Waals surface area contributed by atoms with Crippen LogP contribution in [0, 0.1) is 5.92 Å². The van der Waals surface area contributed by atoms with Crippen LogP contribution in [0.2, 0.25) is 0 Å². The van der Waals surface area contributed by atoms with Gasteiger partial charge in [-0.3, -0.25) is 9.59 Å². The van der Waals surface area contributed by atoms with Crippen LogP contribution < -0.4 is 5.32 Å². The van der Waals surface area contributed by atoms with E-state index in [0.29, 0.717) is 6.42 Å². The molecular weight excluding hydrogens is 282 g/mol. The van der Waals surface area contributed by atoms with Gasteiger partial charge in [-0.1, -0.05) is 20.8 Å². The zero-order valence-corrected chi connectivity index (χ0v) is 13.0. The van der Waals surface area contributed by atoms with Gasteiger partial charge in [-0.25, -0.2) is 8.78 Å². The molecule has 1 fully saturated rings. The first-order valence-corrected chi connectivity index (χ1v) is 7.22. The lowest BCUT2D eigenvalue weighted by Crippen LogP contribution is -2.70. The topological polar surface area (TPSA) is 58.6 Å². The lowest BCUT2D eigenvalue weighted by molar-refractivity contribution is -0.157. The predicted octanol–water partition coefficient (Wildman–Crippen LogP) is 1.42. The van der Waals surface area contributed by atoms with Gasteiger partial charge >= 0.3 is 0 Å². The second-order valence-electron chi connectivity index (χ2n) is 5.83. The van der Waals surface area contributed by atoms with Crippen LogP contribution in [0.15, 0.2) is 0 Å². The Morgan fingerprint density at radius 2 is 2.00 bits per heavy atom. The summed E-state index contributed by atoms with van der Waals surface area (Å²) in [6.45, 7) is 6.66. The van der Waals surface area contributed by atoms with Crippen LogP contribution in [-0.4, -0.2) is 54.5 Å². The second kappa shape index (κ2) is 7.15. The average Bonchev–Trinajstić information content (AvgIpc) is 2.39. The Morgan fingerprint density at radius 3 is 2.48 bits per heavy atom. The molecular formula is C14H24F2N2O3. The van der Waals surface area contributed by atoms with Crippen LogP contribution in [-0.2, 0) is 14.3 Å². The summed E-state index contributed by atoms with van der Waals surface area (Å²) in [4.78, 5) is 26.3. The van der Waals surface area contributed by atoms with Crippen LogP contribution in [0.4, 0.5) is 8.78 Å². The van der Waals surface area contributed by atoms with Crippen molar-refractivity contribution in [2.45, 2.75) is 52.1 Å². The first kappa shape index (κ1) is 17.8. The summed E-state index contributed by atoms with van der Waals surface area (Å²) in [5.74, 6) is -0.461. The first-order valence-electron chi connectivity index (χ1n) is 7.22. The third-order valence-corrected chi connectivity index (χ3v) is 3.80. The normalized spacial score (nSPS) is 26.7. The molecule has 1 rings (SSSR count). The van der Waals surface area contributed by atoms with Gasteiger partial charge in [-0.05, 0) is 19.3 Å². The third-order valence-electron chi connectivity index (χ3n) is 3.80. The fourth-order valence-electron chi connectivity index (χ4n) is 2.46. The molecule has 2 atom stereocenters. The van der Waals surface area contributed by atoms with E-state index in [0.717, 1.165) is 0 Å². The maximum atomic E-state index is 12.6. The number of alkyl halides is 2. The van der Waals surface area contributed by atoms with E-state index < -0.39 is 24.6 Å². The molecule has 2 amide bonds. The summed E-state index contributed by atoms with van der Waals surface area (Å²) in [5, 5.41) is 2.77. The molecule has 1 aliphatic heterocycles. The van der Waals surface area contributed by atoms with Crippen molar-refractivity contribution in [3.63, 3.8) is 0 Å². The summed E-state index contributed by atoms with van der Waals surface area (Å²) in [6.07, 6.45) is -2.07. The molecule has 0 radical (unpaired) electrons. The Kier molecular flexibility index (Phi) is 6.07. The summed E-state index contributed by atoms with van der Waals surface area (Å²) in [5.41, 5.74) is -0.939. The Hall–Kier alpha value is -1.24. The van der Waals surface area contributed by atoms with Crippen LogP contribution in [0.5, 0.6) is 0 Å². The van der Waals surface area contributed by atoms with E-state index in [-0.39, 0.29) is 30.9 Å². The Morgan fingerprint density at radius 1 is 1.38 bits per heavy atom. The number of amides is 2. The minimum Gasteiger partial charge on any atom is -0.374 e. The standard InChI is InChI=1S/C14H24F2N2O3/c1-5-14(4)13(20)18(6-7-21-8-10(15)16)11(9(2)3)12(19)17-14/h9-11H,5-8H2,1-4H3,(H,17,19). The molecule has 0 saturated carbocycles. The summed E-state index contributed by atoms with van der Waals surface area (Å²) in [6, 6.07) is -0.590. The maximum absolute atomic E-state index is 12.6. The SMILES string of the molecule is CCC1(C)NC(=O)C(C(C)C)N(CCOCC(F)F)C1=O. The van der Waals surface area contributed by atoms with Crippen LogP contribution in [0.3, 0.4) is 0 Å². The summed E-state index contributed by atoms with van der Waals surface area (Å²) in [7, 11) is 0. The number of hydrogen-bond acceptors (Lipinski definition) is 3. The van der Waals surface area contributed by atoms with Crippen molar-refractivity contribution in [1.29, 1.82) is 0 Å². The highest BCUT2D eigenvalue weighted by atomic mass is 19.3. The molecule has 0 bridgehead atoms. The molecule has 0 aromatic carbocycles. The van der Waals surface area contributed by atoms with E-state index in [1.807, 2.05) is 20.8 Å². The zero-order valence-electron chi connectivity index (χ0n) is 13.0. The van der Waals surface area contributed by atoms with Crippen LogP contribution in [0.25, 0.3) is 0 Å². The molecule has 1 heterocycles. The van der Waals surface area contributed by atoms with Crippen molar-refractivity contribution in [2.75, 3.05) is 19.8 Å². The molecule has 1 N–H and O–H groups in total. The number of hydrogen-bond donors (Lipinski definition) is 1. The number of nitrogens with zero attached hydrogens (tertiary/aromatic N) is 1. The molecule has 122 valence electrons. The van der Waals surface area contributed by atoms with Crippen molar-refractivity contribution >= 4 is 11.8 Å². The lowest BCUT2D eigenvalue weighted by atomic mass is 9.88. The van der Waals surface area contributed by atoms with Crippen molar-refractivity contribution < 1.29 is 23.1 Å². The molecule has 1 aliphatic rings. The van der Waals surface area contributed by atoms with Crippen molar-refractivity contribution in [3.8, 4) is 0 Å². The van der Waals surface area contributed by atoms with E-state index >= 15 is 0 Å². The van der Waals surface area contributed by atoms with Gasteiger partial charge in [-0.15, -0.1) is 0 Å². The van der Waals surface area contributed by atoms with Crippen LogP contribution >= 0.6 is 0 Å². The Labute approximate surface area is 124 Å². The Bertz CT molecular complexity index is 390. The van der Waals surface area contributed by atoms with Crippen LogP contribution in [0.1, 0.15) is 34.1 Å². The van der Waals surface area contributed by atoms with Gasteiger partial charge < -0.3 is 15.0 Å². The highest BCUT2D eigenvalue weighted by molar-refractivity contribution is 5.99. The number of ether oxygens (including phenoxy) is 1. The minimum absolute atomic E-state index is 0.00757. The molecule has 0 aromatic rings. The van der Waals surface area contributed by atoms with Gasteiger partial charge in [0.15, 0.2) is 0 Å². The van der Waals surface area contributed by atoms with Gasteiger partial charge in [0, 0.05) is 6.54 Å².